The number of hydrogen-bond acceptors (Lipinski definition) is 11. The van der Waals surface area contributed by atoms with E-state index in [-0.39, 0.29) is 44.7 Å². The Morgan fingerprint density at radius 1 is 0.759 bits per heavy atom. The van der Waals surface area contributed by atoms with Gasteiger partial charge in [-0.05, 0) is 18.8 Å². The Balaban J connectivity index is 4.79. The smallest absolute Gasteiger partial charge is 0.236 e. The molecule has 0 aliphatic heterocycles. The van der Waals surface area contributed by atoms with Gasteiger partial charge in [-0.25, -0.2) is 9.78 Å². The van der Waals surface area contributed by atoms with Crippen molar-refractivity contribution in [3.8, 4) is 0 Å². The lowest BCUT2D eigenvalue weighted by Gasteiger charge is -2.29. The van der Waals surface area contributed by atoms with Crippen molar-refractivity contribution in [1.29, 1.82) is 0 Å². The minimum Gasteiger partial charge on any atom is -0.367 e. The summed E-state index contributed by atoms with van der Waals surface area (Å²) in [6.45, 7) is 2.38. The van der Waals surface area contributed by atoms with Gasteiger partial charge >= 0.3 is 0 Å². The molecule has 0 aliphatic carbocycles. The number of carbonyl (C=O) groups is 2. The predicted molar refractivity (Wildman–Crippen MR) is 110 cm³/mol. The van der Waals surface area contributed by atoms with Crippen molar-refractivity contribution in [3.05, 3.63) is 0 Å². The lowest BCUT2D eigenvalue weighted by atomic mass is 10.3. The van der Waals surface area contributed by atoms with E-state index >= 15 is 0 Å². The van der Waals surface area contributed by atoms with Gasteiger partial charge in [-0.1, -0.05) is 0 Å². The highest BCUT2D eigenvalue weighted by Crippen LogP contribution is 1.98. The molecule has 2 amide bonds. The molecule has 0 aromatic carbocycles. The minimum absolute atomic E-state index is 0.0197. The van der Waals surface area contributed by atoms with Gasteiger partial charge in [-0.15, -0.1) is 0 Å². The molecule has 0 spiro atoms. The minimum atomic E-state index is -1.55. The van der Waals surface area contributed by atoms with Crippen LogP contribution in [0.1, 0.15) is 0 Å². The summed E-state index contributed by atoms with van der Waals surface area (Å²) in [5.74, 6) is -0.472. The number of rotatable bonds is 18. The van der Waals surface area contributed by atoms with E-state index in [1.54, 1.807) is 14.7 Å². The van der Waals surface area contributed by atoms with E-state index in [1.807, 2.05) is 0 Å². The highest BCUT2D eigenvalue weighted by atomic mass is 31.0. The fraction of sp³-hybridized carbons (Fsp3) is 0.857. The maximum atomic E-state index is 11.6. The van der Waals surface area contributed by atoms with Crippen LogP contribution >= 0.6 is 18.8 Å². The normalized spacial score (nSPS) is 11.7. The summed E-state index contributed by atoms with van der Waals surface area (Å²) in [5.41, 5.74) is 0. The lowest BCUT2D eigenvalue weighted by molar-refractivity contribution is -0.244. The summed E-state index contributed by atoms with van der Waals surface area (Å²) < 4.78 is 0. The Bertz CT molecular complexity index is 418. The Hall–Kier alpha value is -0.560. The average Bonchev–Trinajstić information content (AvgIpc) is 2.70. The number of hydrogen-bond donors (Lipinski definition) is 6. The summed E-state index contributed by atoms with van der Waals surface area (Å²) in [4.78, 5) is 36.6. The third-order valence-electron chi connectivity index (χ3n) is 3.94. The van der Waals surface area contributed by atoms with Crippen molar-refractivity contribution in [2.24, 2.45) is 0 Å². The molecule has 0 aromatic rings. The zero-order valence-electron chi connectivity index (χ0n) is 16.3. The van der Waals surface area contributed by atoms with Crippen LogP contribution in [0.3, 0.4) is 0 Å². The molecule has 0 saturated heterocycles. The van der Waals surface area contributed by atoms with Crippen molar-refractivity contribution in [2.45, 2.75) is 6.29 Å². The van der Waals surface area contributed by atoms with E-state index in [4.69, 9.17) is 10.5 Å². The number of carbonyl (C=O) groups excluding carboxylic acids is 2. The Morgan fingerprint density at radius 3 is 1.45 bits per heavy atom. The molecule has 0 radical (unpaired) electrons. The molecule has 2 unspecified atom stereocenters. The van der Waals surface area contributed by atoms with Crippen molar-refractivity contribution in [2.75, 3.05) is 72.1 Å². The van der Waals surface area contributed by atoms with Crippen LogP contribution in [-0.2, 0) is 19.4 Å². The van der Waals surface area contributed by atoms with Gasteiger partial charge in [0.2, 0.25) is 11.8 Å². The third-order valence-corrected chi connectivity index (χ3v) is 4.58. The molecular formula is C14H33N5O8P2. The SMILES string of the molecule is O=C(CN(CCOO)CCN(CCN(CCOO)CC(=O)NP)CC(O)O)NP. The molecule has 0 aromatic heterocycles. The van der Waals surface area contributed by atoms with Crippen LogP contribution in [0.2, 0.25) is 0 Å². The van der Waals surface area contributed by atoms with Gasteiger partial charge < -0.3 is 20.4 Å². The van der Waals surface area contributed by atoms with E-state index in [9.17, 15) is 19.8 Å². The quantitative estimate of drug-likeness (QED) is 0.0533. The molecule has 29 heavy (non-hydrogen) atoms. The number of aliphatic hydroxyl groups is 2. The second kappa shape index (κ2) is 18.2. The number of amides is 2. The van der Waals surface area contributed by atoms with E-state index in [1.165, 1.54) is 0 Å². The second-order valence-electron chi connectivity index (χ2n) is 6.13. The first-order valence-corrected chi connectivity index (χ1v) is 10.1. The van der Waals surface area contributed by atoms with Gasteiger partial charge in [0.1, 0.15) is 0 Å². The van der Waals surface area contributed by atoms with Gasteiger partial charge in [0.25, 0.3) is 0 Å². The lowest BCUT2D eigenvalue weighted by Crippen LogP contribution is -2.46. The molecule has 172 valence electrons. The van der Waals surface area contributed by atoms with Crippen LogP contribution in [0.15, 0.2) is 0 Å². The maximum absolute atomic E-state index is 11.6. The first-order valence-electron chi connectivity index (χ1n) is 8.91. The Morgan fingerprint density at radius 2 is 1.14 bits per heavy atom. The fourth-order valence-electron chi connectivity index (χ4n) is 2.47. The summed E-state index contributed by atoms with van der Waals surface area (Å²) >= 11 is 0. The maximum Gasteiger partial charge on any atom is 0.236 e. The van der Waals surface area contributed by atoms with Crippen LogP contribution in [0.5, 0.6) is 0 Å². The van der Waals surface area contributed by atoms with Gasteiger partial charge in [-0.3, -0.25) is 34.8 Å². The summed E-state index contributed by atoms with van der Waals surface area (Å²) in [7, 11) is 4.23. The van der Waals surface area contributed by atoms with Gasteiger partial charge in [0.05, 0.1) is 26.3 Å². The van der Waals surface area contributed by atoms with Gasteiger partial charge in [-0.2, -0.15) is 0 Å². The topological polar surface area (TPSA) is 167 Å². The van der Waals surface area contributed by atoms with E-state index in [0.29, 0.717) is 39.3 Å². The van der Waals surface area contributed by atoms with Crippen LogP contribution in [0, 0.1) is 0 Å². The molecule has 0 saturated carbocycles. The van der Waals surface area contributed by atoms with Crippen molar-refractivity contribution in [3.63, 3.8) is 0 Å². The van der Waals surface area contributed by atoms with E-state index < -0.39 is 6.29 Å². The Labute approximate surface area is 174 Å². The van der Waals surface area contributed by atoms with Gasteiger partial charge in [0, 0.05) is 45.8 Å². The van der Waals surface area contributed by atoms with Crippen LogP contribution in [0.25, 0.3) is 0 Å². The van der Waals surface area contributed by atoms with Crippen molar-refractivity contribution in [1.82, 2.24) is 24.9 Å². The molecule has 15 heteroatoms. The summed E-state index contributed by atoms with van der Waals surface area (Å²) in [6.07, 6.45) is -1.55. The zero-order chi connectivity index (χ0) is 22.1. The molecule has 0 heterocycles. The first-order chi connectivity index (χ1) is 13.9. The van der Waals surface area contributed by atoms with Crippen molar-refractivity contribution < 1.29 is 40.1 Å². The first kappa shape index (κ1) is 28.4. The molecule has 13 nitrogen and oxygen atoms in total. The molecule has 0 rings (SSSR count). The van der Waals surface area contributed by atoms with Crippen molar-refractivity contribution >= 4 is 30.6 Å². The van der Waals surface area contributed by atoms with Gasteiger partial charge in [0.15, 0.2) is 6.29 Å². The van der Waals surface area contributed by atoms with E-state index in [2.05, 4.69) is 38.7 Å². The standard InChI is InChI=1S/C14H33N5O8P2/c20-12(15-28)9-18(5-7-26-24)3-1-17(11-14(22)23)2-4-19(6-8-27-25)10-13(21)16-29/h14,22-25H,1-11,28-29H2,(H,15,20)(H,16,21). The summed E-state index contributed by atoms with van der Waals surface area (Å²) in [6, 6.07) is 0. The number of aliphatic hydroxyl groups excluding tert-OH is 1. The summed E-state index contributed by atoms with van der Waals surface area (Å²) in [5, 5.41) is 40.6. The molecule has 0 bridgehead atoms. The monoisotopic (exact) mass is 461 g/mol. The molecule has 0 fully saturated rings. The van der Waals surface area contributed by atoms with Crippen LogP contribution in [-0.4, -0.2) is 126 Å². The highest BCUT2D eigenvalue weighted by Gasteiger charge is 2.16. The number of nitrogens with one attached hydrogen (secondary N) is 2. The largest absolute Gasteiger partial charge is 0.367 e. The molecule has 6 N–H and O–H groups in total. The highest BCUT2D eigenvalue weighted by molar-refractivity contribution is 7.15. The second-order valence-corrected chi connectivity index (χ2v) is 6.71. The van der Waals surface area contributed by atoms with Crippen LogP contribution < -0.4 is 10.2 Å². The Kier molecular flexibility index (Phi) is 17.9. The van der Waals surface area contributed by atoms with Crippen LogP contribution in [0.4, 0.5) is 0 Å². The molecule has 2 atom stereocenters. The fourth-order valence-corrected chi connectivity index (χ4v) is 2.65. The predicted octanol–water partition coefficient (Wildman–Crippen LogP) is -3.01. The molecular weight excluding hydrogens is 428 g/mol. The third kappa shape index (κ3) is 15.9. The zero-order valence-corrected chi connectivity index (χ0v) is 18.6. The average molecular weight is 461 g/mol. The van der Waals surface area contributed by atoms with E-state index in [0.717, 1.165) is 0 Å². The molecule has 0 aliphatic rings. The number of nitrogens with zero attached hydrogens (tertiary/aromatic N) is 3.